The predicted molar refractivity (Wildman–Crippen MR) is 152 cm³/mol. The highest BCUT2D eigenvalue weighted by Crippen LogP contribution is 2.51. The molecule has 0 amide bonds. The van der Waals surface area contributed by atoms with Crippen LogP contribution in [0.15, 0.2) is 59.8 Å². The Hall–Kier alpha value is -4.18. The molecule has 16 heteroatoms. The monoisotopic (exact) mass is 654 g/mol. The topological polar surface area (TPSA) is 102 Å². The van der Waals surface area contributed by atoms with E-state index in [2.05, 4.69) is 20.0 Å². The lowest BCUT2D eigenvalue weighted by Gasteiger charge is -2.29. The third-order valence-electron chi connectivity index (χ3n) is 7.52. The number of nitrogens with zero attached hydrogens (tertiary/aromatic N) is 5. The van der Waals surface area contributed by atoms with Gasteiger partial charge in [-0.3, -0.25) is 4.68 Å². The van der Waals surface area contributed by atoms with Crippen molar-refractivity contribution in [3.05, 3.63) is 77.4 Å². The molecule has 3 heterocycles. The van der Waals surface area contributed by atoms with Gasteiger partial charge in [-0.15, -0.1) is 0 Å². The maximum absolute atomic E-state index is 15.4. The first-order valence-corrected chi connectivity index (χ1v) is 15.2. The molecule has 0 atom stereocenters. The van der Waals surface area contributed by atoms with E-state index >= 15 is 13.2 Å². The highest BCUT2D eigenvalue weighted by Gasteiger charge is 2.62. The fourth-order valence-corrected chi connectivity index (χ4v) is 5.96. The molecule has 5 rings (SSSR count). The SMILES string of the molecule is Cc1ccccc1-c1nc(NS(=O)(=O)c2cnn(C)c2)nc(Oc2cc(C3CCN(C)CC3)ccc2F)c1C(F)(F)C(F)(F)F. The Morgan fingerprint density at radius 1 is 1.00 bits per heavy atom. The molecular formula is C29H28F6N6O3S. The number of benzene rings is 2. The Kier molecular flexibility index (Phi) is 8.57. The molecule has 9 nitrogen and oxygen atoms in total. The van der Waals surface area contributed by atoms with Gasteiger partial charge in [-0.1, -0.05) is 30.3 Å². The number of rotatable bonds is 8. The largest absolute Gasteiger partial charge is 0.458 e. The van der Waals surface area contributed by atoms with Crippen molar-refractivity contribution in [3.8, 4) is 22.9 Å². The summed E-state index contributed by atoms with van der Waals surface area (Å²) in [7, 11) is -1.12. The number of halogens is 6. The molecule has 2 aromatic heterocycles. The van der Waals surface area contributed by atoms with Crippen LogP contribution in [0.1, 0.15) is 35.4 Å². The number of nitrogens with one attached hydrogen (secondary N) is 1. The van der Waals surface area contributed by atoms with Gasteiger partial charge in [0, 0.05) is 18.8 Å². The van der Waals surface area contributed by atoms with Crippen LogP contribution in [0.4, 0.5) is 32.3 Å². The lowest BCUT2D eigenvalue weighted by Crippen LogP contribution is -2.35. The average molecular weight is 655 g/mol. The van der Waals surface area contributed by atoms with Gasteiger partial charge >= 0.3 is 12.1 Å². The van der Waals surface area contributed by atoms with Crippen LogP contribution >= 0.6 is 0 Å². The predicted octanol–water partition coefficient (Wildman–Crippen LogP) is 6.38. The van der Waals surface area contributed by atoms with E-state index in [1.165, 1.54) is 55.1 Å². The van der Waals surface area contributed by atoms with E-state index in [0.717, 1.165) is 31.5 Å². The summed E-state index contributed by atoms with van der Waals surface area (Å²) >= 11 is 0. The van der Waals surface area contributed by atoms with Crippen LogP contribution in [0, 0.1) is 12.7 Å². The summed E-state index contributed by atoms with van der Waals surface area (Å²) in [6, 6.07) is 9.33. The van der Waals surface area contributed by atoms with E-state index in [9.17, 15) is 21.6 Å². The summed E-state index contributed by atoms with van der Waals surface area (Å²) < 4.78 is 123. The quantitative estimate of drug-likeness (QED) is 0.220. The Morgan fingerprint density at radius 2 is 1.69 bits per heavy atom. The minimum absolute atomic E-state index is 0.0463. The highest BCUT2D eigenvalue weighted by molar-refractivity contribution is 7.92. The molecule has 0 bridgehead atoms. The van der Waals surface area contributed by atoms with E-state index in [-0.39, 0.29) is 21.9 Å². The van der Waals surface area contributed by atoms with E-state index in [0.29, 0.717) is 18.4 Å². The van der Waals surface area contributed by atoms with Crippen molar-refractivity contribution in [3.63, 3.8) is 0 Å². The number of hydrogen-bond donors (Lipinski definition) is 1. The van der Waals surface area contributed by atoms with Crippen molar-refractivity contribution in [1.82, 2.24) is 24.6 Å². The molecular weight excluding hydrogens is 626 g/mol. The van der Waals surface area contributed by atoms with Crippen molar-refractivity contribution in [2.75, 3.05) is 24.9 Å². The molecule has 1 aliphatic heterocycles. The Balaban J connectivity index is 1.72. The Labute approximate surface area is 254 Å². The van der Waals surface area contributed by atoms with Gasteiger partial charge in [0.1, 0.15) is 10.5 Å². The molecule has 2 aromatic carbocycles. The number of aryl methyl sites for hydroxylation is 2. The smallest absolute Gasteiger partial charge is 0.435 e. The van der Waals surface area contributed by atoms with Gasteiger partial charge in [0.05, 0.1) is 11.9 Å². The van der Waals surface area contributed by atoms with E-state index in [1.807, 2.05) is 11.8 Å². The van der Waals surface area contributed by atoms with Gasteiger partial charge in [0.2, 0.25) is 11.8 Å². The number of piperidine rings is 1. The molecule has 0 saturated carbocycles. The molecule has 45 heavy (non-hydrogen) atoms. The van der Waals surface area contributed by atoms with Crippen LogP contribution in [0.2, 0.25) is 0 Å². The summed E-state index contributed by atoms with van der Waals surface area (Å²) in [4.78, 5) is 9.24. The minimum atomic E-state index is -6.16. The van der Waals surface area contributed by atoms with E-state index < -0.39 is 56.8 Å². The van der Waals surface area contributed by atoms with Crippen molar-refractivity contribution < 1.29 is 39.5 Å². The van der Waals surface area contributed by atoms with Gasteiger partial charge in [-0.25, -0.2) is 22.5 Å². The number of likely N-dealkylation sites (tertiary alicyclic amines) is 1. The third kappa shape index (κ3) is 6.61. The van der Waals surface area contributed by atoms with Gasteiger partial charge < -0.3 is 9.64 Å². The van der Waals surface area contributed by atoms with Crippen molar-refractivity contribution >= 4 is 16.0 Å². The lowest BCUT2D eigenvalue weighted by molar-refractivity contribution is -0.289. The third-order valence-corrected chi connectivity index (χ3v) is 8.80. The first-order chi connectivity index (χ1) is 21.1. The average Bonchev–Trinajstić information content (AvgIpc) is 3.41. The fourth-order valence-electron chi connectivity index (χ4n) is 5.03. The second-order valence-electron chi connectivity index (χ2n) is 10.8. The van der Waals surface area contributed by atoms with Crippen LogP contribution in [0.3, 0.4) is 0 Å². The maximum Gasteiger partial charge on any atom is 0.458 e. The zero-order valence-electron chi connectivity index (χ0n) is 24.2. The molecule has 0 unspecified atom stereocenters. The summed E-state index contributed by atoms with van der Waals surface area (Å²) in [5, 5.41) is 3.77. The van der Waals surface area contributed by atoms with Gasteiger partial charge in [0.15, 0.2) is 11.6 Å². The first-order valence-electron chi connectivity index (χ1n) is 13.7. The molecule has 1 aliphatic rings. The number of alkyl halides is 5. The van der Waals surface area contributed by atoms with Crippen LogP contribution < -0.4 is 9.46 Å². The molecule has 0 aliphatic carbocycles. The molecule has 240 valence electrons. The lowest BCUT2D eigenvalue weighted by atomic mass is 9.89. The van der Waals surface area contributed by atoms with Crippen LogP contribution in [-0.4, -0.2) is 59.4 Å². The van der Waals surface area contributed by atoms with E-state index in [4.69, 9.17) is 4.74 Å². The second kappa shape index (κ2) is 12.0. The van der Waals surface area contributed by atoms with Crippen molar-refractivity contribution in [1.29, 1.82) is 0 Å². The number of hydrogen-bond acceptors (Lipinski definition) is 7. The fraction of sp³-hybridized carbons (Fsp3) is 0.345. The van der Waals surface area contributed by atoms with Crippen molar-refractivity contribution in [2.45, 2.75) is 42.7 Å². The summed E-state index contributed by atoms with van der Waals surface area (Å²) in [6.07, 6.45) is -2.65. The number of aromatic nitrogens is 4. The molecule has 1 N–H and O–H groups in total. The van der Waals surface area contributed by atoms with Crippen molar-refractivity contribution in [2.24, 2.45) is 7.05 Å². The Bertz CT molecular complexity index is 1820. The number of anilines is 1. The second-order valence-corrected chi connectivity index (χ2v) is 12.5. The maximum atomic E-state index is 15.4. The summed E-state index contributed by atoms with van der Waals surface area (Å²) in [6.45, 7) is 2.93. The molecule has 1 fully saturated rings. The number of ether oxygens (including phenoxy) is 1. The van der Waals surface area contributed by atoms with Gasteiger partial charge in [-0.2, -0.15) is 32.0 Å². The van der Waals surface area contributed by atoms with Gasteiger partial charge in [-0.05, 0) is 69.1 Å². The summed E-state index contributed by atoms with van der Waals surface area (Å²) in [5.41, 5.74) is -2.13. The number of sulfonamides is 1. The molecule has 0 radical (unpaired) electrons. The minimum Gasteiger partial charge on any atom is -0.435 e. The zero-order chi connectivity index (χ0) is 32.7. The van der Waals surface area contributed by atoms with Gasteiger partial charge in [0.25, 0.3) is 10.0 Å². The molecule has 0 spiro atoms. The molecule has 4 aromatic rings. The Morgan fingerprint density at radius 3 is 2.31 bits per heavy atom. The zero-order valence-corrected chi connectivity index (χ0v) is 25.1. The summed E-state index contributed by atoms with van der Waals surface area (Å²) in [5.74, 6) is -9.64. The van der Waals surface area contributed by atoms with Crippen LogP contribution in [0.25, 0.3) is 11.3 Å². The highest BCUT2D eigenvalue weighted by atomic mass is 32.2. The standard InChI is InChI=1S/C29H28F6N6O3S/c1-17-6-4-5-7-21(17)25-24(28(31,32)29(33,34)35)26(38-27(37-25)39-45(42,43)20-15-36-41(3)16-20)44-23-14-19(8-9-22(23)30)18-10-12-40(2)13-11-18/h4-9,14-16,18H,10-13H2,1-3H3,(H,37,38,39). The van der Waals surface area contributed by atoms with Crippen LogP contribution in [0.5, 0.6) is 11.6 Å². The van der Waals surface area contributed by atoms with E-state index in [1.54, 1.807) is 0 Å². The van der Waals surface area contributed by atoms with Crippen LogP contribution in [-0.2, 0) is 23.0 Å². The molecule has 1 saturated heterocycles. The first kappa shape index (κ1) is 32.2. The normalized spacial score (nSPS) is 15.3.